The summed E-state index contributed by atoms with van der Waals surface area (Å²) in [4.78, 5) is 42.9. The molecule has 2 aromatic rings. The highest BCUT2D eigenvalue weighted by atomic mass is 16.3. The molecule has 8 nitrogen and oxygen atoms in total. The first kappa shape index (κ1) is 20.7. The summed E-state index contributed by atoms with van der Waals surface area (Å²) in [5.74, 6) is -0.170. The maximum atomic E-state index is 12.4. The van der Waals surface area contributed by atoms with E-state index in [0.29, 0.717) is 24.4 Å². The first-order valence-electron chi connectivity index (χ1n) is 9.76. The van der Waals surface area contributed by atoms with E-state index in [4.69, 9.17) is 0 Å². The van der Waals surface area contributed by atoms with Crippen molar-refractivity contribution in [3.63, 3.8) is 0 Å². The summed E-state index contributed by atoms with van der Waals surface area (Å²) in [5, 5.41) is 16.1. The van der Waals surface area contributed by atoms with Crippen LogP contribution in [0.4, 0.5) is 0 Å². The van der Waals surface area contributed by atoms with Gasteiger partial charge in [0.2, 0.25) is 11.8 Å². The van der Waals surface area contributed by atoms with Crippen molar-refractivity contribution in [2.75, 3.05) is 0 Å². The molecule has 0 aliphatic heterocycles. The van der Waals surface area contributed by atoms with Gasteiger partial charge in [0.15, 0.2) is 0 Å². The molecule has 29 heavy (non-hydrogen) atoms. The van der Waals surface area contributed by atoms with E-state index in [1.165, 1.54) is 6.07 Å². The van der Waals surface area contributed by atoms with Gasteiger partial charge in [-0.05, 0) is 31.7 Å². The van der Waals surface area contributed by atoms with Gasteiger partial charge in [-0.25, -0.2) is 4.98 Å². The average molecular weight is 398 g/mol. The number of aromatic nitrogens is 2. The lowest BCUT2D eigenvalue weighted by Crippen LogP contribution is -2.49. The quantitative estimate of drug-likeness (QED) is 0.567. The number of aryl methyl sites for hydroxylation is 1. The third-order valence-corrected chi connectivity index (χ3v) is 5.10. The summed E-state index contributed by atoms with van der Waals surface area (Å²) in [6, 6.07) is 10.4. The molecular formula is C21H26N4O4. The number of hydrogen-bond donors (Lipinski definition) is 4. The number of aromatic amines is 1. The number of nitrogens with zero attached hydrogens (tertiary/aromatic N) is 1. The third kappa shape index (κ3) is 5.99. The van der Waals surface area contributed by atoms with Crippen molar-refractivity contribution in [2.24, 2.45) is 5.92 Å². The van der Waals surface area contributed by atoms with Gasteiger partial charge in [-0.3, -0.25) is 14.4 Å². The topological polar surface area (TPSA) is 124 Å². The normalized spacial score (nSPS) is 21.4. The molecule has 1 aliphatic carbocycles. The molecule has 1 fully saturated rings. The molecule has 0 radical (unpaired) electrons. The highest BCUT2D eigenvalue weighted by molar-refractivity contribution is 5.80. The van der Waals surface area contributed by atoms with Gasteiger partial charge >= 0.3 is 0 Å². The number of benzene rings is 1. The van der Waals surface area contributed by atoms with Gasteiger partial charge in [-0.15, -0.1) is 0 Å². The molecule has 3 atom stereocenters. The Labute approximate surface area is 168 Å². The number of amides is 2. The number of hydrogen-bond acceptors (Lipinski definition) is 5. The fraction of sp³-hybridized carbons (Fsp3) is 0.429. The Bertz CT molecular complexity index is 912. The number of aliphatic hydroxyl groups is 1. The second-order valence-corrected chi connectivity index (χ2v) is 7.45. The molecule has 0 saturated heterocycles. The highest BCUT2D eigenvalue weighted by Crippen LogP contribution is 2.25. The van der Waals surface area contributed by atoms with Crippen LogP contribution in [-0.4, -0.2) is 39.0 Å². The molecule has 3 rings (SSSR count). The number of carbonyl (C=O) groups is 2. The fourth-order valence-electron chi connectivity index (χ4n) is 3.65. The van der Waals surface area contributed by atoms with Crippen LogP contribution in [0.15, 0.2) is 41.2 Å². The molecule has 1 saturated carbocycles. The monoisotopic (exact) mass is 398 g/mol. The van der Waals surface area contributed by atoms with E-state index in [1.807, 2.05) is 30.3 Å². The first-order valence-corrected chi connectivity index (χ1v) is 9.76. The van der Waals surface area contributed by atoms with Crippen LogP contribution in [-0.2, 0) is 22.6 Å². The molecular weight excluding hydrogens is 372 g/mol. The van der Waals surface area contributed by atoms with E-state index in [-0.39, 0.29) is 48.7 Å². The Hall–Kier alpha value is -3.00. The van der Waals surface area contributed by atoms with Gasteiger partial charge in [0, 0.05) is 12.0 Å². The smallest absolute Gasteiger partial charge is 0.251 e. The summed E-state index contributed by atoms with van der Waals surface area (Å²) in [7, 11) is 0. The van der Waals surface area contributed by atoms with E-state index in [9.17, 15) is 19.5 Å². The van der Waals surface area contributed by atoms with Gasteiger partial charge in [0.05, 0.1) is 30.8 Å². The molecule has 8 heteroatoms. The lowest BCUT2D eigenvalue weighted by Gasteiger charge is -2.33. The van der Waals surface area contributed by atoms with Crippen LogP contribution in [0.2, 0.25) is 0 Å². The average Bonchev–Trinajstić information content (AvgIpc) is 2.67. The van der Waals surface area contributed by atoms with Gasteiger partial charge in [0.1, 0.15) is 5.82 Å². The Morgan fingerprint density at radius 2 is 2.00 bits per heavy atom. The third-order valence-electron chi connectivity index (χ3n) is 5.10. The maximum absolute atomic E-state index is 12.4. The predicted octanol–water partition coefficient (Wildman–Crippen LogP) is 0.583. The lowest BCUT2D eigenvalue weighted by molar-refractivity contribution is -0.128. The van der Waals surface area contributed by atoms with Crippen LogP contribution in [0, 0.1) is 12.8 Å². The van der Waals surface area contributed by atoms with Crippen molar-refractivity contribution in [3.8, 4) is 0 Å². The Balaban J connectivity index is 1.46. The SMILES string of the molecule is Cc1nc(CNC(=O)[C@H]2CC[C@@H](NC(=O)Cc3ccccc3)[C@H](O)C2)cc(=O)[nH]1. The number of aliphatic hydroxyl groups excluding tert-OH is 1. The molecule has 0 unspecified atom stereocenters. The molecule has 0 bridgehead atoms. The molecule has 1 heterocycles. The minimum absolute atomic E-state index is 0.140. The van der Waals surface area contributed by atoms with Crippen LogP contribution >= 0.6 is 0 Å². The highest BCUT2D eigenvalue weighted by Gasteiger charge is 2.33. The van der Waals surface area contributed by atoms with Gasteiger partial charge < -0.3 is 20.7 Å². The van der Waals surface area contributed by atoms with Gasteiger partial charge in [-0.2, -0.15) is 0 Å². The van der Waals surface area contributed by atoms with Crippen molar-refractivity contribution < 1.29 is 14.7 Å². The summed E-state index contributed by atoms with van der Waals surface area (Å²) >= 11 is 0. The van der Waals surface area contributed by atoms with Crippen molar-refractivity contribution in [3.05, 3.63) is 63.8 Å². The van der Waals surface area contributed by atoms with E-state index in [0.717, 1.165) is 5.56 Å². The second-order valence-electron chi connectivity index (χ2n) is 7.45. The Morgan fingerprint density at radius 3 is 2.69 bits per heavy atom. The first-order chi connectivity index (χ1) is 13.9. The Kier molecular flexibility index (Phi) is 6.77. The standard InChI is InChI=1S/C21H26N4O4/c1-13-23-16(11-20(28)24-13)12-22-21(29)15-7-8-17(18(26)10-15)25-19(27)9-14-5-3-2-4-6-14/h2-6,11,15,17-18,26H,7-10,12H2,1H3,(H,22,29)(H,25,27)(H,23,24,28)/t15-,17+,18+/m0/s1. The largest absolute Gasteiger partial charge is 0.391 e. The van der Waals surface area contributed by atoms with Crippen molar-refractivity contribution in [1.29, 1.82) is 0 Å². The summed E-state index contributed by atoms with van der Waals surface area (Å²) in [6.07, 6.45) is 0.864. The van der Waals surface area contributed by atoms with Crippen LogP contribution < -0.4 is 16.2 Å². The van der Waals surface area contributed by atoms with E-state index in [1.54, 1.807) is 6.92 Å². The summed E-state index contributed by atoms with van der Waals surface area (Å²) < 4.78 is 0. The molecule has 0 spiro atoms. The van der Waals surface area contributed by atoms with Crippen LogP contribution in [0.5, 0.6) is 0 Å². The maximum Gasteiger partial charge on any atom is 0.251 e. The molecule has 1 aromatic carbocycles. The molecule has 4 N–H and O–H groups in total. The zero-order valence-corrected chi connectivity index (χ0v) is 16.4. The Morgan fingerprint density at radius 1 is 1.24 bits per heavy atom. The summed E-state index contributed by atoms with van der Waals surface area (Å²) in [5.41, 5.74) is 1.14. The predicted molar refractivity (Wildman–Crippen MR) is 107 cm³/mol. The van der Waals surface area contributed by atoms with E-state index < -0.39 is 6.10 Å². The number of carbonyl (C=O) groups excluding carboxylic acids is 2. The second kappa shape index (κ2) is 9.47. The van der Waals surface area contributed by atoms with Crippen LogP contribution in [0.25, 0.3) is 0 Å². The summed E-state index contributed by atoms with van der Waals surface area (Å²) in [6.45, 7) is 1.84. The van der Waals surface area contributed by atoms with Gasteiger partial charge in [-0.1, -0.05) is 30.3 Å². The fourth-order valence-corrected chi connectivity index (χ4v) is 3.65. The number of H-pyrrole nitrogens is 1. The van der Waals surface area contributed by atoms with Crippen molar-refractivity contribution in [1.82, 2.24) is 20.6 Å². The molecule has 2 amide bonds. The van der Waals surface area contributed by atoms with E-state index in [2.05, 4.69) is 20.6 Å². The zero-order chi connectivity index (χ0) is 20.8. The van der Waals surface area contributed by atoms with Crippen molar-refractivity contribution >= 4 is 11.8 Å². The molecule has 154 valence electrons. The minimum Gasteiger partial charge on any atom is -0.391 e. The number of nitrogens with one attached hydrogen (secondary N) is 3. The zero-order valence-electron chi connectivity index (χ0n) is 16.4. The van der Waals surface area contributed by atoms with Crippen LogP contribution in [0.3, 0.4) is 0 Å². The van der Waals surface area contributed by atoms with Gasteiger partial charge in [0.25, 0.3) is 5.56 Å². The van der Waals surface area contributed by atoms with Crippen molar-refractivity contribution in [2.45, 2.75) is 51.3 Å². The molecule has 1 aliphatic rings. The number of rotatable bonds is 6. The lowest BCUT2D eigenvalue weighted by atomic mass is 9.83. The minimum atomic E-state index is -0.779. The van der Waals surface area contributed by atoms with E-state index >= 15 is 0 Å². The molecule has 1 aromatic heterocycles. The van der Waals surface area contributed by atoms with Crippen LogP contribution in [0.1, 0.15) is 36.3 Å².